The monoisotopic (exact) mass is 341 g/mol. The third kappa shape index (κ3) is 6.12. The Morgan fingerprint density at radius 1 is 1.12 bits per heavy atom. The summed E-state index contributed by atoms with van der Waals surface area (Å²) in [5, 5.41) is 3.53. The van der Waals surface area contributed by atoms with Crippen LogP contribution in [0.5, 0.6) is 5.75 Å². The minimum Gasteiger partial charge on any atom is -0.489 e. The number of morpholine rings is 1. The summed E-state index contributed by atoms with van der Waals surface area (Å²) >= 11 is 0. The fourth-order valence-corrected chi connectivity index (χ4v) is 2.91. The number of nitrogens with one attached hydrogen (secondary N) is 1. The lowest BCUT2D eigenvalue weighted by atomic mass is 10.2. The number of ether oxygens (including phenoxy) is 2. The molecule has 0 bridgehead atoms. The molecule has 0 unspecified atom stereocenters. The number of aromatic nitrogens is 1. The summed E-state index contributed by atoms with van der Waals surface area (Å²) in [5.41, 5.74) is 2.27. The van der Waals surface area contributed by atoms with E-state index in [1.165, 1.54) is 5.56 Å². The molecule has 0 atom stereocenters. The van der Waals surface area contributed by atoms with Crippen LogP contribution < -0.4 is 10.1 Å². The van der Waals surface area contributed by atoms with Crippen LogP contribution in [0.4, 0.5) is 0 Å². The highest BCUT2D eigenvalue weighted by molar-refractivity contribution is 5.33. The standard InChI is InChI=1S/C20H27N3O2/c1-2-7-20(25-17-18-5-3-8-21-15-18)19(6-1)16-22-9-4-10-23-11-13-24-14-12-23/h1-3,5-8,15,22H,4,9-14,16-17H2. The van der Waals surface area contributed by atoms with E-state index in [9.17, 15) is 0 Å². The van der Waals surface area contributed by atoms with Crippen molar-refractivity contribution in [2.45, 2.75) is 19.6 Å². The molecule has 2 aromatic rings. The van der Waals surface area contributed by atoms with Gasteiger partial charge >= 0.3 is 0 Å². The summed E-state index contributed by atoms with van der Waals surface area (Å²) in [6.45, 7) is 7.37. The second kappa shape index (κ2) is 10.1. The number of hydrogen-bond donors (Lipinski definition) is 1. The first-order chi connectivity index (χ1) is 12.4. The second-order valence-electron chi connectivity index (χ2n) is 6.24. The predicted molar refractivity (Wildman–Crippen MR) is 98.6 cm³/mol. The fraction of sp³-hybridized carbons (Fsp3) is 0.450. The number of nitrogens with zero attached hydrogens (tertiary/aromatic N) is 2. The third-order valence-corrected chi connectivity index (χ3v) is 4.34. The first kappa shape index (κ1) is 17.9. The number of benzene rings is 1. The Bertz CT molecular complexity index is 615. The van der Waals surface area contributed by atoms with E-state index >= 15 is 0 Å². The predicted octanol–water partition coefficient (Wildman–Crippen LogP) is 2.47. The van der Waals surface area contributed by atoms with Crippen LogP contribution in [-0.2, 0) is 17.9 Å². The summed E-state index contributed by atoms with van der Waals surface area (Å²) in [7, 11) is 0. The van der Waals surface area contributed by atoms with Crippen molar-refractivity contribution < 1.29 is 9.47 Å². The van der Waals surface area contributed by atoms with E-state index in [0.717, 1.165) is 63.7 Å². The van der Waals surface area contributed by atoms with Gasteiger partial charge < -0.3 is 14.8 Å². The highest BCUT2D eigenvalue weighted by Crippen LogP contribution is 2.19. The summed E-state index contributed by atoms with van der Waals surface area (Å²) < 4.78 is 11.4. The zero-order chi connectivity index (χ0) is 17.2. The Kier molecular flexibility index (Phi) is 7.24. The van der Waals surface area contributed by atoms with Gasteiger partial charge in [0, 0.05) is 43.2 Å². The number of pyridine rings is 1. The fourth-order valence-electron chi connectivity index (χ4n) is 2.91. The molecule has 1 aromatic heterocycles. The zero-order valence-corrected chi connectivity index (χ0v) is 14.7. The lowest BCUT2D eigenvalue weighted by Gasteiger charge is -2.26. The van der Waals surface area contributed by atoms with Crippen molar-refractivity contribution in [2.75, 3.05) is 39.4 Å². The lowest BCUT2D eigenvalue weighted by Crippen LogP contribution is -2.37. The van der Waals surface area contributed by atoms with Gasteiger partial charge in [-0.3, -0.25) is 9.88 Å². The summed E-state index contributed by atoms with van der Waals surface area (Å²) in [5.74, 6) is 0.937. The molecule has 5 heteroatoms. The SMILES string of the molecule is c1cncc(COc2ccccc2CNCCCN2CCOCC2)c1. The molecule has 0 radical (unpaired) electrons. The van der Waals surface area contributed by atoms with Gasteiger partial charge in [-0.1, -0.05) is 24.3 Å². The van der Waals surface area contributed by atoms with Gasteiger partial charge in [-0.05, 0) is 31.6 Å². The maximum atomic E-state index is 5.97. The largest absolute Gasteiger partial charge is 0.489 e. The molecular formula is C20H27N3O2. The average Bonchev–Trinajstić information content (AvgIpc) is 2.68. The molecule has 2 heterocycles. The number of para-hydroxylation sites is 1. The molecule has 3 rings (SSSR count). The van der Waals surface area contributed by atoms with E-state index < -0.39 is 0 Å². The van der Waals surface area contributed by atoms with Crippen LogP contribution in [-0.4, -0.2) is 49.3 Å². The van der Waals surface area contributed by atoms with Gasteiger partial charge in [-0.2, -0.15) is 0 Å². The smallest absolute Gasteiger partial charge is 0.124 e. The molecule has 0 saturated carbocycles. The third-order valence-electron chi connectivity index (χ3n) is 4.34. The van der Waals surface area contributed by atoms with E-state index in [0.29, 0.717) is 6.61 Å². The van der Waals surface area contributed by atoms with Gasteiger partial charge in [-0.15, -0.1) is 0 Å². The molecule has 134 valence electrons. The van der Waals surface area contributed by atoms with E-state index in [1.807, 2.05) is 30.5 Å². The van der Waals surface area contributed by atoms with Crippen molar-refractivity contribution in [2.24, 2.45) is 0 Å². The van der Waals surface area contributed by atoms with Crippen LogP contribution in [0.3, 0.4) is 0 Å². The van der Waals surface area contributed by atoms with E-state index in [-0.39, 0.29) is 0 Å². The molecule has 0 amide bonds. The second-order valence-corrected chi connectivity index (χ2v) is 6.24. The number of rotatable bonds is 9. The van der Waals surface area contributed by atoms with Crippen molar-refractivity contribution >= 4 is 0 Å². The first-order valence-electron chi connectivity index (χ1n) is 9.02. The minimum absolute atomic E-state index is 0.544. The molecule has 5 nitrogen and oxygen atoms in total. The van der Waals surface area contributed by atoms with Crippen LogP contribution in [0.15, 0.2) is 48.8 Å². The Morgan fingerprint density at radius 3 is 2.84 bits per heavy atom. The molecule has 1 aliphatic heterocycles. The highest BCUT2D eigenvalue weighted by Gasteiger charge is 2.09. The van der Waals surface area contributed by atoms with Crippen molar-refractivity contribution in [3.05, 3.63) is 59.9 Å². The number of hydrogen-bond acceptors (Lipinski definition) is 5. The van der Waals surface area contributed by atoms with Crippen LogP contribution >= 0.6 is 0 Å². The van der Waals surface area contributed by atoms with Crippen LogP contribution in [0.2, 0.25) is 0 Å². The molecule has 1 fully saturated rings. The maximum Gasteiger partial charge on any atom is 0.124 e. The Balaban J connectivity index is 1.39. The van der Waals surface area contributed by atoms with Gasteiger partial charge in [-0.25, -0.2) is 0 Å². The van der Waals surface area contributed by atoms with Crippen LogP contribution in [0.1, 0.15) is 17.5 Å². The van der Waals surface area contributed by atoms with Crippen LogP contribution in [0.25, 0.3) is 0 Å². The maximum absolute atomic E-state index is 5.97. The van der Waals surface area contributed by atoms with Gasteiger partial charge in [0.25, 0.3) is 0 Å². The molecule has 1 saturated heterocycles. The quantitative estimate of drug-likeness (QED) is 0.710. The zero-order valence-electron chi connectivity index (χ0n) is 14.7. The van der Waals surface area contributed by atoms with E-state index in [2.05, 4.69) is 27.3 Å². The van der Waals surface area contributed by atoms with E-state index in [4.69, 9.17) is 9.47 Å². The Labute approximate surface area is 150 Å². The molecule has 0 aliphatic carbocycles. The Hall–Kier alpha value is -1.95. The summed E-state index contributed by atoms with van der Waals surface area (Å²) in [6.07, 6.45) is 4.77. The lowest BCUT2D eigenvalue weighted by molar-refractivity contribution is 0.0374. The molecule has 25 heavy (non-hydrogen) atoms. The highest BCUT2D eigenvalue weighted by atomic mass is 16.5. The molecule has 1 aromatic carbocycles. The van der Waals surface area contributed by atoms with Gasteiger partial charge in [0.1, 0.15) is 12.4 Å². The topological polar surface area (TPSA) is 46.6 Å². The van der Waals surface area contributed by atoms with Crippen molar-refractivity contribution in [1.29, 1.82) is 0 Å². The van der Waals surface area contributed by atoms with Crippen molar-refractivity contribution in [1.82, 2.24) is 15.2 Å². The average molecular weight is 341 g/mol. The molecule has 1 aliphatic rings. The minimum atomic E-state index is 0.544. The van der Waals surface area contributed by atoms with Gasteiger partial charge in [0.05, 0.1) is 13.2 Å². The van der Waals surface area contributed by atoms with Crippen molar-refractivity contribution in [3.63, 3.8) is 0 Å². The van der Waals surface area contributed by atoms with Gasteiger partial charge in [0.2, 0.25) is 0 Å². The summed E-state index contributed by atoms with van der Waals surface area (Å²) in [6, 6.07) is 12.2. The molecule has 0 spiro atoms. The molecular weight excluding hydrogens is 314 g/mol. The summed E-state index contributed by atoms with van der Waals surface area (Å²) in [4.78, 5) is 6.59. The van der Waals surface area contributed by atoms with Gasteiger partial charge in [0.15, 0.2) is 0 Å². The molecule has 1 N–H and O–H groups in total. The first-order valence-corrected chi connectivity index (χ1v) is 9.02. The van der Waals surface area contributed by atoms with E-state index in [1.54, 1.807) is 6.20 Å². The van der Waals surface area contributed by atoms with Crippen LogP contribution in [0, 0.1) is 0 Å². The van der Waals surface area contributed by atoms with Crippen molar-refractivity contribution in [3.8, 4) is 5.75 Å². The Morgan fingerprint density at radius 2 is 2.00 bits per heavy atom. The normalized spacial score (nSPS) is 15.2.